The maximum atomic E-state index is 10.9. The lowest BCUT2D eigenvalue weighted by Crippen LogP contribution is -1.98. The fraction of sp³-hybridized carbons (Fsp3) is 0.200. The third-order valence-electron chi connectivity index (χ3n) is 2.04. The Morgan fingerprint density at radius 1 is 1.69 bits per heavy atom. The quantitative estimate of drug-likeness (QED) is 0.943. The number of aromatic nitrogens is 1. The first-order valence-corrected chi connectivity index (χ1v) is 6.26. The molecule has 0 saturated heterocycles. The number of nitrogens with zero attached hydrogens (tertiary/aromatic N) is 1. The number of hydrogen-bond donors (Lipinski definition) is 1. The van der Waals surface area contributed by atoms with Crippen LogP contribution < -0.4 is 0 Å². The SMILES string of the molecule is CCc1nc(-c2csc(Br)c2)oc1C(=O)O. The van der Waals surface area contributed by atoms with Gasteiger partial charge >= 0.3 is 5.97 Å². The number of carboxylic acid groups (broad SMARTS) is 1. The molecule has 4 nitrogen and oxygen atoms in total. The maximum Gasteiger partial charge on any atom is 0.373 e. The summed E-state index contributed by atoms with van der Waals surface area (Å²) in [4.78, 5) is 15.1. The molecule has 6 heteroatoms. The maximum absolute atomic E-state index is 10.9. The fourth-order valence-corrected chi connectivity index (χ4v) is 2.43. The van der Waals surface area contributed by atoms with Gasteiger partial charge in [0.15, 0.2) is 0 Å². The average molecular weight is 302 g/mol. The summed E-state index contributed by atoms with van der Waals surface area (Å²) in [7, 11) is 0. The average Bonchev–Trinajstić information content (AvgIpc) is 2.82. The number of oxazole rings is 1. The predicted octanol–water partition coefficient (Wildman–Crippen LogP) is 3.43. The van der Waals surface area contributed by atoms with Crippen LogP contribution in [0.5, 0.6) is 0 Å². The molecule has 0 saturated carbocycles. The van der Waals surface area contributed by atoms with E-state index in [1.54, 1.807) is 0 Å². The first-order valence-electron chi connectivity index (χ1n) is 4.59. The zero-order valence-electron chi connectivity index (χ0n) is 8.36. The molecule has 0 unspecified atom stereocenters. The van der Waals surface area contributed by atoms with Crippen LogP contribution in [-0.2, 0) is 6.42 Å². The monoisotopic (exact) mass is 301 g/mol. The van der Waals surface area contributed by atoms with Gasteiger partial charge in [-0.25, -0.2) is 9.78 Å². The van der Waals surface area contributed by atoms with Crippen LogP contribution in [-0.4, -0.2) is 16.1 Å². The van der Waals surface area contributed by atoms with Crippen molar-refractivity contribution >= 4 is 33.2 Å². The van der Waals surface area contributed by atoms with Gasteiger partial charge in [0.1, 0.15) is 0 Å². The van der Waals surface area contributed by atoms with Gasteiger partial charge in [0.05, 0.1) is 9.48 Å². The third-order valence-corrected chi connectivity index (χ3v) is 3.55. The second-order valence-electron chi connectivity index (χ2n) is 3.09. The van der Waals surface area contributed by atoms with Crippen molar-refractivity contribution in [2.24, 2.45) is 0 Å². The summed E-state index contributed by atoms with van der Waals surface area (Å²) in [5.74, 6) is -0.791. The number of carbonyl (C=O) groups is 1. The van der Waals surface area contributed by atoms with Crippen LogP contribution >= 0.6 is 27.3 Å². The Balaban J connectivity index is 2.47. The Morgan fingerprint density at radius 2 is 2.44 bits per heavy atom. The second kappa shape index (κ2) is 4.39. The largest absolute Gasteiger partial charge is 0.475 e. The first kappa shape index (κ1) is 11.3. The van der Waals surface area contributed by atoms with Gasteiger partial charge in [-0.2, -0.15) is 0 Å². The highest BCUT2D eigenvalue weighted by molar-refractivity contribution is 9.11. The summed E-state index contributed by atoms with van der Waals surface area (Å²) in [6.07, 6.45) is 0.538. The molecule has 2 aromatic rings. The van der Waals surface area contributed by atoms with Gasteiger partial charge in [-0.05, 0) is 28.4 Å². The lowest BCUT2D eigenvalue weighted by molar-refractivity contribution is 0.0662. The lowest BCUT2D eigenvalue weighted by Gasteiger charge is -1.88. The van der Waals surface area contributed by atoms with Crippen LogP contribution in [0, 0.1) is 0 Å². The van der Waals surface area contributed by atoms with E-state index in [1.807, 2.05) is 18.4 Å². The van der Waals surface area contributed by atoms with E-state index in [2.05, 4.69) is 20.9 Å². The van der Waals surface area contributed by atoms with E-state index in [0.717, 1.165) is 9.35 Å². The van der Waals surface area contributed by atoms with Gasteiger partial charge in [-0.1, -0.05) is 6.92 Å². The van der Waals surface area contributed by atoms with Gasteiger partial charge in [0, 0.05) is 10.9 Å². The number of aromatic carboxylic acids is 1. The molecule has 2 heterocycles. The molecule has 1 N–H and O–H groups in total. The van der Waals surface area contributed by atoms with E-state index < -0.39 is 5.97 Å². The van der Waals surface area contributed by atoms with Gasteiger partial charge in [0.25, 0.3) is 0 Å². The minimum atomic E-state index is -1.08. The first-order chi connectivity index (χ1) is 7.61. The van der Waals surface area contributed by atoms with Crippen molar-refractivity contribution in [1.82, 2.24) is 4.98 Å². The summed E-state index contributed by atoms with van der Waals surface area (Å²) < 4.78 is 6.20. The highest BCUT2D eigenvalue weighted by atomic mass is 79.9. The minimum absolute atomic E-state index is 0.0696. The topological polar surface area (TPSA) is 63.3 Å². The van der Waals surface area contributed by atoms with Crippen LogP contribution in [0.1, 0.15) is 23.2 Å². The van der Waals surface area contributed by atoms with Crippen LogP contribution in [0.2, 0.25) is 0 Å². The normalized spacial score (nSPS) is 10.6. The molecule has 0 amide bonds. The Hall–Kier alpha value is -1.14. The number of hydrogen-bond acceptors (Lipinski definition) is 4. The summed E-state index contributed by atoms with van der Waals surface area (Å²) in [6, 6.07) is 1.85. The number of thiophene rings is 1. The summed E-state index contributed by atoms with van der Waals surface area (Å²) in [5.41, 5.74) is 1.27. The summed E-state index contributed by atoms with van der Waals surface area (Å²) in [5, 5.41) is 10.8. The van der Waals surface area contributed by atoms with Crippen molar-refractivity contribution in [3.63, 3.8) is 0 Å². The van der Waals surface area contributed by atoms with Crippen molar-refractivity contribution < 1.29 is 14.3 Å². The van der Waals surface area contributed by atoms with E-state index in [1.165, 1.54) is 11.3 Å². The molecule has 0 aromatic carbocycles. The van der Waals surface area contributed by atoms with Crippen molar-refractivity contribution in [3.05, 3.63) is 26.7 Å². The van der Waals surface area contributed by atoms with E-state index in [0.29, 0.717) is 18.0 Å². The highest BCUT2D eigenvalue weighted by Gasteiger charge is 2.19. The van der Waals surface area contributed by atoms with Crippen LogP contribution in [0.25, 0.3) is 11.5 Å². The Kier molecular flexibility index (Phi) is 3.11. The predicted molar refractivity (Wildman–Crippen MR) is 63.9 cm³/mol. The molecule has 0 radical (unpaired) electrons. The standard InChI is InChI=1S/C10H8BrNO3S/c1-2-6-8(10(13)14)15-9(12-6)5-3-7(11)16-4-5/h3-4H,2H2,1H3,(H,13,14). The summed E-state index contributed by atoms with van der Waals surface area (Å²) in [6.45, 7) is 1.84. The van der Waals surface area contributed by atoms with E-state index in [4.69, 9.17) is 9.52 Å². The molecule has 0 atom stereocenters. The van der Waals surface area contributed by atoms with Crippen molar-refractivity contribution in [2.75, 3.05) is 0 Å². The highest BCUT2D eigenvalue weighted by Crippen LogP contribution is 2.29. The molecular formula is C10H8BrNO3S. The van der Waals surface area contributed by atoms with Gasteiger partial charge in [-0.15, -0.1) is 11.3 Å². The molecule has 2 rings (SSSR count). The van der Waals surface area contributed by atoms with Crippen LogP contribution in [0.15, 0.2) is 19.6 Å². The molecule has 0 spiro atoms. The third kappa shape index (κ3) is 2.03. The van der Waals surface area contributed by atoms with Gasteiger partial charge in [0.2, 0.25) is 11.7 Å². The molecule has 0 bridgehead atoms. The molecule has 84 valence electrons. The minimum Gasteiger partial charge on any atom is -0.475 e. The Bertz CT molecular complexity index is 532. The second-order valence-corrected chi connectivity index (χ2v) is 5.38. The van der Waals surface area contributed by atoms with Gasteiger partial charge in [-0.3, -0.25) is 0 Å². The molecule has 0 aliphatic rings. The van der Waals surface area contributed by atoms with Crippen LogP contribution in [0.4, 0.5) is 0 Å². The van der Waals surface area contributed by atoms with Crippen LogP contribution in [0.3, 0.4) is 0 Å². The van der Waals surface area contributed by atoms with E-state index in [9.17, 15) is 4.79 Å². The van der Waals surface area contributed by atoms with Crippen molar-refractivity contribution in [2.45, 2.75) is 13.3 Å². The van der Waals surface area contributed by atoms with E-state index >= 15 is 0 Å². The molecule has 16 heavy (non-hydrogen) atoms. The zero-order valence-corrected chi connectivity index (χ0v) is 10.8. The molecular weight excluding hydrogens is 294 g/mol. The number of rotatable bonds is 3. The molecule has 2 aromatic heterocycles. The number of carboxylic acids is 1. The lowest BCUT2D eigenvalue weighted by atomic mass is 10.3. The van der Waals surface area contributed by atoms with Crippen molar-refractivity contribution in [3.8, 4) is 11.5 Å². The molecule has 0 aliphatic heterocycles. The smallest absolute Gasteiger partial charge is 0.373 e. The number of aryl methyl sites for hydroxylation is 1. The number of halogens is 1. The van der Waals surface area contributed by atoms with E-state index in [-0.39, 0.29) is 5.76 Å². The molecule has 0 fully saturated rings. The Labute approximate surface area is 104 Å². The van der Waals surface area contributed by atoms with Gasteiger partial charge < -0.3 is 9.52 Å². The summed E-state index contributed by atoms with van der Waals surface area (Å²) >= 11 is 4.83. The van der Waals surface area contributed by atoms with Crippen molar-refractivity contribution in [1.29, 1.82) is 0 Å². The zero-order chi connectivity index (χ0) is 11.7. The fourth-order valence-electron chi connectivity index (χ4n) is 1.30. The molecule has 0 aliphatic carbocycles. The Morgan fingerprint density at radius 3 is 2.88 bits per heavy atom.